The number of carbonyl (C=O) groups excluding carboxylic acids is 1. The van der Waals surface area contributed by atoms with Gasteiger partial charge in [-0.2, -0.15) is 0 Å². The first kappa shape index (κ1) is 21.4. The van der Waals surface area contributed by atoms with Crippen molar-refractivity contribution in [2.75, 3.05) is 27.2 Å². The van der Waals surface area contributed by atoms with Crippen molar-refractivity contribution in [3.63, 3.8) is 0 Å². The van der Waals surface area contributed by atoms with E-state index < -0.39 is 0 Å². The number of ether oxygens (including phenoxy) is 2. The average molecular weight is 406 g/mol. The molecule has 0 radical (unpaired) electrons. The van der Waals surface area contributed by atoms with E-state index in [0.29, 0.717) is 12.4 Å². The molecule has 0 fully saturated rings. The normalized spacial score (nSPS) is 11.7. The Morgan fingerprint density at radius 3 is 2.00 bits per heavy atom. The molecule has 5 heteroatoms. The lowest BCUT2D eigenvalue weighted by molar-refractivity contribution is -0.860. The molecule has 0 aromatic heterocycles. The summed E-state index contributed by atoms with van der Waals surface area (Å²) in [6.45, 7) is 1.28. The van der Waals surface area contributed by atoms with Crippen LogP contribution in [0.15, 0.2) is 84.9 Å². The Bertz CT molecular complexity index is 897. The van der Waals surface area contributed by atoms with E-state index >= 15 is 0 Å². The molecule has 3 rings (SSSR count). The third-order valence-corrected chi connectivity index (χ3v) is 4.59. The van der Waals surface area contributed by atoms with Gasteiger partial charge < -0.3 is 19.7 Å². The van der Waals surface area contributed by atoms with E-state index in [-0.39, 0.29) is 18.6 Å². The molecule has 156 valence electrons. The highest BCUT2D eigenvalue weighted by molar-refractivity contribution is 5.78. The van der Waals surface area contributed by atoms with Crippen molar-refractivity contribution in [2.45, 2.75) is 12.6 Å². The maximum absolute atomic E-state index is 12.4. The van der Waals surface area contributed by atoms with Crippen LogP contribution in [0.3, 0.4) is 0 Å². The Labute approximate surface area is 178 Å². The molecule has 0 unspecified atom stereocenters. The molecule has 2 N–H and O–H groups in total. The van der Waals surface area contributed by atoms with Crippen molar-refractivity contribution >= 4 is 5.91 Å². The minimum Gasteiger partial charge on any atom is -0.489 e. The third-order valence-electron chi connectivity index (χ3n) is 4.59. The molecule has 0 aliphatic carbocycles. The summed E-state index contributed by atoms with van der Waals surface area (Å²) in [5.74, 6) is 1.25. The Balaban J connectivity index is 1.48. The fourth-order valence-electron chi connectivity index (χ4n) is 3.10. The second kappa shape index (κ2) is 11.0. The van der Waals surface area contributed by atoms with Crippen LogP contribution in [-0.2, 0) is 11.4 Å². The van der Waals surface area contributed by atoms with Crippen LogP contribution in [0.5, 0.6) is 11.5 Å². The zero-order chi connectivity index (χ0) is 21.2. The van der Waals surface area contributed by atoms with Crippen molar-refractivity contribution in [2.24, 2.45) is 0 Å². The van der Waals surface area contributed by atoms with Gasteiger partial charge in [-0.15, -0.1) is 0 Å². The second-order valence-corrected chi connectivity index (χ2v) is 7.48. The standard InChI is InChI=1S/C25H28N2O3/c1-27(2)17-24(21-11-7-4-8-12-21)26-25(28)19-30-23-15-13-22(14-16-23)29-18-20-9-5-3-6-10-20/h3-16,24H,17-19H2,1-2H3,(H,26,28)/p+1/t24-/m0/s1. The lowest BCUT2D eigenvalue weighted by Gasteiger charge is -2.21. The number of nitrogens with one attached hydrogen (secondary N) is 2. The van der Waals surface area contributed by atoms with E-state index in [2.05, 4.69) is 19.4 Å². The van der Waals surface area contributed by atoms with Crippen LogP contribution in [0.1, 0.15) is 17.2 Å². The first-order chi connectivity index (χ1) is 14.6. The minimum absolute atomic E-state index is 0.0314. The molecule has 1 amide bonds. The van der Waals surface area contributed by atoms with Gasteiger partial charge in [0.25, 0.3) is 5.91 Å². The summed E-state index contributed by atoms with van der Waals surface area (Å²) in [4.78, 5) is 13.7. The zero-order valence-electron chi connectivity index (χ0n) is 17.5. The highest BCUT2D eigenvalue weighted by atomic mass is 16.5. The first-order valence-corrected chi connectivity index (χ1v) is 10.1. The Kier molecular flexibility index (Phi) is 7.86. The molecule has 3 aromatic carbocycles. The van der Waals surface area contributed by atoms with Crippen LogP contribution < -0.4 is 19.7 Å². The molecule has 0 spiro atoms. The van der Waals surface area contributed by atoms with Crippen LogP contribution in [0.2, 0.25) is 0 Å². The lowest BCUT2D eigenvalue weighted by Crippen LogP contribution is -3.06. The predicted octanol–water partition coefficient (Wildman–Crippen LogP) is 2.65. The van der Waals surface area contributed by atoms with Crippen LogP contribution in [0.25, 0.3) is 0 Å². The highest BCUT2D eigenvalue weighted by Crippen LogP contribution is 2.19. The number of quaternary nitrogens is 1. The van der Waals surface area contributed by atoms with E-state index in [1.807, 2.05) is 84.9 Å². The van der Waals surface area contributed by atoms with Gasteiger partial charge in [-0.3, -0.25) is 4.79 Å². The summed E-state index contributed by atoms with van der Waals surface area (Å²) < 4.78 is 11.4. The van der Waals surface area contributed by atoms with Gasteiger partial charge in [0.15, 0.2) is 6.61 Å². The molecule has 1 atom stereocenters. The largest absolute Gasteiger partial charge is 0.489 e. The van der Waals surface area contributed by atoms with Gasteiger partial charge in [0, 0.05) is 0 Å². The zero-order valence-corrected chi connectivity index (χ0v) is 17.5. The van der Waals surface area contributed by atoms with E-state index in [9.17, 15) is 4.79 Å². The van der Waals surface area contributed by atoms with Gasteiger partial charge in [0.1, 0.15) is 30.7 Å². The molecular weight excluding hydrogens is 376 g/mol. The van der Waals surface area contributed by atoms with Crippen molar-refractivity contribution in [3.8, 4) is 11.5 Å². The number of carbonyl (C=O) groups is 1. The predicted molar refractivity (Wildman–Crippen MR) is 118 cm³/mol. The summed E-state index contributed by atoms with van der Waals surface area (Å²) in [5.41, 5.74) is 2.20. The van der Waals surface area contributed by atoms with Crippen LogP contribution >= 0.6 is 0 Å². The van der Waals surface area contributed by atoms with Gasteiger partial charge in [-0.25, -0.2) is 0 Å². The molecular formula is C25H29N2O3+. The molecule has 0 heterocycles. The quantitative estimate of drug-likeness (QED) is 0.545. The smallest absolute Gasteiger partial charge is 0.258 e. The van der Waals surface area contributed by atoms with Gasteiger partial charge in [-0.05, 0) is 35.4 Å². The van der Waals surface area contributed by atoms with Crippen molar-refractivity contribution in [3.05, 3.63) is 96.1 Å². The van der Waals surface area contributed by atoms with E-state index in [1.54, 1.807) is 0 Å². The summed E-state index contributed by atoms with van der Waals surface area (Å²) in [6.07, 6.45) is 0. The number of rotatable bonds is 10. The Morgan fingerprint density at radius 1 is 0.833 bits per heavy atom. The Hall–Kier alpha value is -3.31. The topological polar surface area (TPSA) is 52.0 Å². The maximum Gasteiger partial charge on any atom is 0.258 e. The third kappa shape index (κ3) is 6.94. The molecule has 5 nitrogen and oxygen atoms in total. The van der Waals surface area contributed by atoms with Gasteiger partial charge >= 0.3 is 0 Å². The number of amides is 1. The van der Waals surface area contributed by atoms with E-state index in [0.717, 1.165) is 23.4 Å². The SMILES string of the molecule is C[NH+](C)C[C@H](NC(=O)COc1ccc(OCc2ccccc2)cc1)c1ccccc1. The second-order valence-electron chi connectivity index (χ2n) is 7.48. The van der Waals surface area contributed by atoms with Gasteiger partial charge in [0.05, 0.1) is 14.1 Å². The lowest BCUT2D eigenvalue weighted by atomic mass is 10.1. The number of likely N-dealkylation sites (N-methyl/N-ethyl adjacent to an activating group) is 1. The molecule has 0 saturated heterocycles. The van der Waals surface area contributed by atoms with Crippen LogP contribution in [0, 0.1) is 0 Å². The highest BCUT2D eigenvalue weighted by Gasteiger charge is 2.17. The van der Waals surface area contributed by atoms with Crippen LogP contribution in [-0.4, -0.2) is 33.2 Å². The fourth-order valence-corrected chi connectivity index (χ4v) is 3.10. The molecule has 30 heavy (non-hydrogen) atoms. The minimum atomic E-state index is -0.144. The maximum atomic E-state index is 12.4. The van der Waals surface area contributed by atoms with Crippen molar-refractivity contribution in [1.29, 1.82) is 0 Å². The summed E-state index contributed by atoms with van der Waals surface area (Å²) in [6, 6.07) is 27.3. The molecule has 0 bridgehead atoms. The number of hydrogen-bond donors (Lipinski definition) is 2. The molecule has 0 saturated carbocycles. The van der Waals surface area contributed by atoms with Gasteiger partial charge in [0.2, 0.25) is 0 Å². The fraction of sp³-hybridized carbons (Fsp3) is 0.240. The summed E-state index contributed by atoms with van der Waals surface area (Å²) >= 11 is 0. The van der Waals surface area contributed by atoms with Crippen LogP contribution in [0.4, 0.5) is 0 Å². The van der Waals surface area contributed by atoms with Gasteiger partial charge in [-0.1, -0.05) is 60.7 Å². The van der Waals surface area contributed by atoms with E-state index in [4.69, 9.17) is 9.47 Å². The summed E-state index contributed by atoms with van der Waals surface area (Å²) in [7, 11) is 4.14. The number of benzene rings is 3. The molecule has 0 aliphatic rings. The summed E-state index contributed by atoms with van der Waals surface area (Å²) in [5, 5.41) is 3.08. The van der Waals surface area contributed by atoms with Crippen molar-refractivity contribution in [1.82, 2.24) is 5.32 Å². The molecule has 3 aromatic rings. The monoisotopic (exact) mass is 405 g/mol. The van der Waals surface area contributed by atoms with E-state index in [1.165, 1.54) is 4.90 Å². The van der Waals surface area contributed by atoms with Crippen molar-refractivity contribution < 1.29 is 19.2 Å². The first-order valence-electron chi connectivity index (χ1n) is 10.1. The molecule has 0 aliphatic heterocycles. The number of hydrogen-bond acceptors (Lipinski definition) is 3. The average Bonchev–Trinajstić information content (AvgIpc) is 2.77. The Morgan fingerprint density at radius 2 is 1.40 bits per heavy atom.